The number of hydrogen-bond donors (Lipinski definition) is 4. The van der Waals surface area contributed by atoms with E-state index in [9.17, 15) is 19.2 Å². The zero-order chi connectivity index (χ0) is 22.4. The molecular formula is C22H31N5O4. The van der Waals surface area contributed by atoms with Gasteiger partial charge < -0.3 is 20.9 Å². The van der Waals surface area contributed by atoms with Gasteiger partial charge in [-0.25, -0.2) is 0 Å². The zero-order valence-corrected chi connectivity index (χ0v) is 18.1. The lowest BCUT2D eigenvalue weighted by Crippen LogP contribution is -2.55. The normalized spacial score (nSPS) is 18.6. The van der Waals surface area contributed by atoms with Gasteiger partial charge in [-0.15, -0.1) is 0 Å². The maximum absolute atomic E-state index is 12.2. The highest BCUT2D eigenvalue weighted by Crippen LogP contribution is 2.30. The van der Waals surface area contributed by atoms with Crippen LogP contribution in [0.4, 0.5) is 5.69 Å². The molecule has 0 radical (unpaired) electrons. The second kappa shape index (κ2) is 10.4. The van der Waals surface area contributed by atoms with Crippen LogP contribution in [-0.4, -0.2) is 60.9 Å². The highest BCUT2D eigenvalue weighted by Gasteiger charge is 2.29. The molecule has 1 atom stereocenters. The second-order valence-electron chi connectivity index (χ2n) is 8.46. The summed E-state index contributed by atoms with van der Waals surface area (Å²) in [5.41, 5.74) is 1.14. The molecule has 2 aliphatic rings. The molecule has 4 amide bonds. The Balaban J connectivity index is 1.32. The van der Waals surface area contributed by atoms with Gasteiger partial charge in [-0.1, -0.05) is 13.8 Å². The minimum absolute atomic E-state index is 0.00135. The molecule has 1 saturated heterocycles. The van der Waals surface area contributed by atoms with Crippen LogP contribution >= 0.6 is 0 Å². The van der Waals surface area contributed by atoms with Crippen molar-refractivity contribution in [1.82, 2.24) is 20.9 Å². The van der Waals surface area contributed by atoms with Crippen molar-refractivity contribution in [2.75, 3.05) is 31.6 Å². The first-order chi connectivity index (χ1) is 14.8. The Labute approximate surface area is 182 Å². The van der Waals surface area contributed by atoms with Gasteiger partial charge >= 0.3 is 0 Å². The summed E-state index contributed by atoms with van der Waals surface area (Å²) in [5.74, 6) is -0.0410. The van der Waals surface area contributed by atoms with Crippen molar-refractivity contribution in [2.24, 2.45) is 11.8 Å². The number of hydrogen-bond acceptors (Lipinski definition) is 5. The molecule has 168 valence electrons. The number of nitrogens with zero attached hydrogens (tertiary/aromatic N) is 1. The molecular weight excluding hydrogens is 398 g/mol. The Kier molecular flexibility index (Phi) is 7.62. The lowest BCUT2D eigenvalue weighted by atomic mass is 9.99. The molecule has 1 aromatic rings. The van der Waals surface area contributed by atoms with Crippen molar-refractivity contribution in [1.29, 1.82) is 0 Å². The molecule has 0 bridgehead atoms. The van der Waals surface area contributed by atoms with E-state index in [4.69, 9.17) is 0 Å². The van der Waals surface area contributed by atoms with Gasteiger partial charge in [-0.05, 0) is 43.0 Å². The minimum Gasteiger partial charge on any atom is -0.353 e. The summed E-state index contributed by atoms with van der Waals surface area (Å²) in [6, 6.07) is 6.84. The minimum atomic E-state index is -0.261. The average molecular weight is 430 g/mol. The van der Waals surface area contributed by atoms with Crippen LogP contribution in [0.3, 0.4) is 0 Å². The molecule has 1 saturated carbocycles. The van der Waals surface area contributed by atoms with Crippen LogP contribution in [0.1, 0.15) is 43.5 Å². The molecule has 1 aliphatic heterocycles. The van der Waals surface area contributed by atoms with E-state index in [2.05, 4.69) is 35.1 Å². The fourth-order valence-electron chi connectivity index (χ4n) is 3.32. The van der Waals surface area contributed by atoms with Gasteiger partial charge in [0.15, 0.2) is 0 Å². The van der Waals surface area contributed by atoms with Crippen LogP contribution < -0.4 is 21.3 Å². The Hall–Kier alpha value is -2.94. The van der Waals surface area contributed by atoms with E-state index < -0.39 is 0 Å². The summed E-state index contributed by atoms with van der Waals surface area (Å²) >= 11 is 0. The van der Waals surface area contributed by atoms with Crippen molar-refractivity contribution in [3.63, 3.8) is 0 Å². The van der Waals surface area contributed by atoms with Gasteiger partial charge in [0.05, 0.1) is 6.67 Å². The molecule has 0 spiro atoms. The molecule has 3 rings (SSSR count). The predicted octanol–water partition coefficient (Wildman–Crippen LogP) is 0.685. The van der Waals surface area contributed by atoms with Crippen LogP contribution in [0.2, 0.25) is 0 Å². The largest absolute Gasteiger partial charge is 0.353 e. The van der Waals surface area contributed by atoms with E-state index in [1.807, 2.05) is 0 Å². The number of carbonyl (C=O) groups excluding carboxylic acids is 4. The molecule has 9 nitrogen and oxygen atoms in total. The molecule has 1 aromatic carbocycles. The van der Waals surface area contributed by atoms with Crippen LogP contribution in [0.5, 0.6) is 0 Å². The molecule has 1 unspecified atom stereocenters. The Bertz CT molecular complexity index is 820. The summed E-state index contributed by atoms with van der Waals surface area (Å²) in [6.45, 7) is 5.02. The van der Waals surface area contributed by atoms with Crippen molar-refractivity contribution in [3.05, 3.63) is 29.8 Å². The van der Waals surface area contributed by atoms with Crippen molar-refractivity contribution < 1.29 is 19.2 Å². The topological polar surface area (TPSA) is 120 Å². The van der Waals surface area contributed by atoms with E-state index >= 15 is 0 Å². The standard InChI is InChI=1S/C22H31N5O4/c1-14(2)18-11-20(29)27(13-25-18)12-19(28)23-9-10-24-21(30)15-5-7-17(8-6-15)26-22(31)16-3-4-16/h5-8,14,16,18,25H,3-4,9-13H2,1-2H3,(H,23,28)(H,24,30)(H,26,31). The second-order valence-corrected chi connectivity index (χ2v) is 8.46. The number of carbonyl (C=O) groups is 4. The fourth-order valence-corrected chi connectivity index (χ4v) is 3.32. The first-order valence-corrected chi connectivity index (χ1v) is 10.8. The Morgan fingerprint density at radius 3 is 2.39 bits per heavy atom. The van der Waals surface area contributed by atoms with Gasteiger partial charge in [-0.3, -0.25) is 24.5 Å². The van der Waals surface area contributed by atoms with Crippen LogP contribution in [0.15, 0.2) is 24.3 Å². The number of nitrogens with one attached hydrogen (secondary N) is 4. The fraction of sp³-hybridized carbons (Fsp3) is 0.545. The average Bonchev–Trinajstić information content (AvgIpc) is 3.58. The molecule has 2 fully saturated rings. The Morgan fingerprint density at radius 2 is 1.77 bits per heavy atom. The van der Waals surface area contributed by atoms with Crippen molar-refractivity contribution in [2.45, 2.75) is 39.2 Å². The third-order valence-corrected chi connectivity index (χ3v) is 5.53. The quantitative estimate of drug-likeness (QED) is 0.431. The zero-order valence-electron chi connectivity index (χ0n) is 18.1. The maximum atomic E-state index is 12.2. The van der Waals surface area contributed by atoms with Crippen LogP contribution in [-0.2, 0) is 14.4 Å². The number of benzene rings is 1. The molecule has 4 N–H and O–H groups in total. The first-order valence-electron chi connectivity index (χ1n) is 10.8. The molecule has 1 heterocycles. The first kappa shape index (κ1) is 22.7. The highest BCUT2D eigenvalue weighted by atomic mass is 16.2. The molecule has 31 heavy (non-hydrogen) atoms. The summed E-state index contributed by atoms with van der Waals surface area (Å²) in [7, 11) is 0. The molecule has 1 aliphatic carbocycles. The SMILES string of the molecule is CC(C)C1CC(=O)N(CC(=O)NCCNC(=O)c2ccc(NC(=O)C3CC3)cc2)CN1. The van der Waals surface area contributed by atoms with Gasteiger partial charge in [0.25, 0.3) is 5.91 Å². The summed E-state index contributed by atoms with van der Waals surface area (Å²) in [5, 5.41) is 11.6. The number of anilines is 1. The third-order valence-electron chi connectivity index (χ3n) is 5.53. The molecule has 0 aromatic heterocycles. The van der Waals surface area contributed by atoms with Crippen molar-refractivity contribution >= 4 is 29.3 Å². The van der Waals surface area contributed by atoms with Gasteiger partial charge in [0.2, 0.25) is 17.7 Å². The lowest BCUT2D eigenvalue weighted by molar-refractivity contribution is -0.139. The van der Waals surface area contributed by atoms with Gasteiger partial charge in [-0.2, -0.15) is 0 Å². The predicted molar refractivity (Wildman–Crippen MR) is 116 cm³/mol. The van der Waals surface area contributed by atoms with E-state index in [1.54, 1.807) is 24.3 Å². The summed E-state index contributed by atoms with van der Waals surface area (Å²) in [6.07, 6.45) is 2.27. The van der Waals surface area contributed by atoms with E-state index in [0.29, 0.717) is 30.3 Å². The van der Waals surface area contributed by atoms with E-state index in [0.717, 1.165) is 12.8 Å². The monoisotopic (exact) mass is 429 g/mol. The summed E-state index contributed by atoms with van der Waals surface area (Å²) < 4.78 is 0. The third kappa shape index (κ3) is 6.78. The van der Waals surface area contributed by atoms with Gasteiger partial charge in [0.1, 0.15) is 6.54 Å². The number of amides is 4. The van der Waals surface area contributed by atoms with Gasteiger partial charge in [0, 0.05) is 42.7 Å². The Morgan fingerprint density at radius 1 is 1.10 bits per heavy atom. The summed E-state index contributed by atoms with van der Waals surface area (Å²) in [4.78, 5) is 49.7. The molecule has 9 heteroatoms. The van der Waals surface area contributed by atoms with E-state index in [-0.39, 0.29) is 55.2 Å². The lowest BCUT2D eigenvalue weighted by Gasteiger charge is -2.34. The highest BCUT2D eigenvalue weighted by molar-refractivity contribution is 5.96. The number of rotatable bonds is 9. The maximum Gasteiger partial charge on any atom is 0.251 e. The van der Waals surface area contributed by atoms with Crippen LogP contribution in [0.25, 0.3) is 0 Å². The smallest absolute Gasteiger partial charge is 0.251 e. The van der Waals surface area contributed by atoms with Crippen LogP contribution in [0, 0.1) is 11.8 Å². The van der Waals surface area contributed by atoms with E-state index in [1.165, 1.54) is 4.90 Å². The van der Waals surface area contributed by atoms with Crippen molar-refractivity contribution in [3.8, 4) is 0 Å².